The van der Waals surface area contributed by atoms with Gasteiger partial charge in [0.2, 0.25) is 11.8 Å². The lowest BCUT2D eigenvalue weighted by Gasteiger charge is -2.38. The smallest absolute Gasteiger partial charge is 0.229 e. The lowest BCUT2D eigenvalue weighted by Crippen LogP contribution is -2.51. The zero-order valence-electron chi connectivity index (χ0n) is 13.1. The molecule has 1 aromatic carbocycles. The maximum atomic E-state index is 13.9. The van der Waals surface area contributed by atoms with Crippen molar-refractivity contribution in [2.24, 2.45) is 11.3 Å². The van der Waals surface area contributed by atoms with Crippen LogP contribution in [-0.4, -0.2) is 35.8 Å². The number of halogens is 1. The molecule has 0 spiro atoms. The molecule has 2 atom stereocenters. The summed E-state index contributed by atoms with van der Waals surface area (Å²) in [7, 11) is 0. The Morgan fingerprint density at radius 2 is 2.13 bits per heavy atom. The van der Waals surface area contributed by atoms with Gasteiger partial charge in [0.1, 0.15) is 5.82 Å². The van der Waals surface area contributed by atoms with Gasteiger partial charge in [-0.1, -0.05) is 18.2 Å². The normalized spacial score (nSPS) is 28.2. The molecule has 2 heterocycles. The van der Waals surface area contributed by atoms with Crippen LogP contribution in [0.4, 0.5) is 4.39 Å². The first-order valence-corrected chi connectivity index (χ1v) is 8.43. The van der Waals surface area contributed by atoms with Gasteiger partial charge in [0.15, 0.2) is 0 Å². The summed E-state index contributed by atoms with van der Waals surface area (Å²) in [6.45, 7) is 1.28. The Labute approximate surface area is 135 Å². The Morgan fingerprint density at radius 3 is 2.87 bits per heavy atom. The minimum Gasteiger partial charge on any atom is -0.354 e. The van der Waals surface area contributed by atoms with Crippen LogP contribution in [-0.2, 0) is 16.0 Å². The van der Waals surface area contributed by atoms with Gasteiger partial charge in [-0.2, -0.15) is 0 Å². The third-order valence-corrected chi connectivity index (χ3v) is 5.66. The molecule has 0 unspecified atom stereocenters. The number of nitrogens with one attached hydrogen (secondary N) is 1. The molecule has 5 heteroatoms. The highest BCUT2D eigenvalue weighted by atomic mass is 19.1. The van der Waals surface area contributed by atoms with E-state index in [2.05, 4.69) is 5.32 Å². The van der Waals surface area contributed by atoms with Gasteiger partial charge in [-0.05, 0) is 43.7 Å². The van der Waals surface area contributed by atoms with Crippen molar-refractivity contribution in [2.45, 2.75) is 38.1 Å². The zero-order valence-corrected chi connectivity index (χ0v) is 13.1. The van der Waals surface area contributed by atoms with Crippen molar-refractivity contribution in [2.75, 3.05) is 13.1 Å². The maximum absolute atomic E-state index is 13.9. The number of hydrogen-bond acceptors (Lipinski definition) is 2. The molecule has 2 saturated heterocycles. The minimum atomic E-state index is -0.449. The van der Waals surface area contributed by atoms with Crippen LogP contribution in [0.25, 0.3) is 0 Å². The van der Waals surface area contributed by atoms with E-state index in [1.54, 1.807) is 12.1 Å². The molecule has 1 aliphatic carbocycles. The fourth-order valence-electron chi connectivity index (χ4n) is 4.13. The van der Waals surface area contributed by atoms with Crippen LogP contribution >= 0.6 is 0 Å². The van der Waals surface area contributed by atoms with Gasteiger partial charge in [-0.25, -0.2) is 4.39 Å². The van der Waals surface area contributed by atoms with Crippen LogP contribution in [0, 0.1) is 17.2 Å². The number of rotatable bonds is 3. The number of likely N-dealkylation sites (tertiary alicyclic amines) is 1. The van der Waals surface area contributed by atoms with Gasteiger partial charge >= 0.3 is 0 Å². The average Bonchev–Trinajstić information content (AvgIpc) is 3.25. The third-order valence-electron chi connectivity index (χ3n) is 5.66. The first-order valence-electron chi connectivity index (χ1n) is 8.43. The molecule has 2 amide bonds. The summed E-state index contributed by atoms with van der Waals surface area (Å²) in [6.07, 6.45) is 3.83. The Balaban J connectivity index is 1.54. The summed E-state index contributed by atoms with van der Waals surface area (Å²) in [4.78, 5) is 26.9. The fourth-order valence-corrected chi connectivity index (χ4v) is 4.13. The van der Waals surface area contributed by atoms with Crippen molar-refractivity contribution >= 4 is 11.8 Å². The molecule has 4 rings (SSSR count). The fraction of sp³-hybridized carbons (Fsp3) is 0.556. The molecular weight excluding hydrogens is 295 g/mol. The van der Waals surface area contributed by atoms with E-state index in [4.69, 9.17) is 0 Å². The van der Waals surface area contributed by atoms with E-state index in [1.807, 2.05) is 11.0 Å². The Kier molecular flexibility index (Phi) is 3.39. The lowest BCUT2D eigenvalue weighted by molar-refractivity contribution is -0.142. The third kappa shape index (κ3) is 2.42. The van der Waals surface area contributed by atoms with Crippen molar-refractivity contribution < 1.29 is 14.0 Å². The molecule has 4 nitrogen and oxygen atoms in total. The molecule has 3 aliphatic rings. The van der Waals surface area contributed by atoms with Crippen molar-refractivity contribution in [3.63, 3.8) is 0 Å². The molecule has 3 fully saturated rings. The van der Waals surface area contributed by atoms with Crippen LogP contribution < -0.4 is 5.32 Å². The Hall–Kier alpha value is -1.91. The second kappa shape index (κ2) is 5.32. The van der Waals surface area contributed by atoms with Gasteiger partial charge in [0.05, 0.1) is 17.4 Å². The van der Waals surface area contributed by atoms with E-state index < -0.39 is 5.41 Å². The second-order valence-electron chi connectivity index (χ2n) is 7.11. The van der Waals surface area contributed by atoms with Crippen LogP contribution in [0.2, 0.25) is 0 Å². The van der Waals surface area contributed by atoms with Gasteiger partial charge in [0.25, 0.3) is 0 Å². The van der Waals surface area contributed by atoms with Crippen molar-refractivity contribution in [1.29, 1.82) is 0 Å². The number of nitrogens with zero attached hydrogens (tertiary/aromatic N) is 1. The molecule has 1 aromatic rings. The van der Waals surface area contributed by atoms with E-state index >= 15 is 0 Å². The number of benzene rings is 1. The number of piperidine rings is 1. The Bertz CT molecular complexity index is 656. The summed E-state index contributed by atoms with van der Waals surface area (Å²) in [5.41, 5.74) is 0.169. The van der Waals surface area contributed by atoms with E-state index in [1.165, 1.54) is 6.07 Å². The van der Waals surface area contributed by atoms with E-state index in [-0.39, 0.29) is 29.6 Å². The summed E-state index contributed by atoms with van der Waals surface area (Å²) in [6, 6.07) is 6.69. The highest BCUT2D eigenvalue weighted by Crippen LogP contribution is 2.51. The molecule has 122 valence electrons. The predicted molar refractivity (Wildman–Crippen MR) is 83.0 cm³/mol. The highest BCUT2D eigenvalue weighted by molar-refractivity contribution is 5.88. The number of carbonyl (C=O) groups is 2. The zero-order chi connectivity index (χ0) is 16.0. The predicted octanol–water partition coefficient (Wildman–Crippen LogP) is 1.89. The van der Waals surface area contributed by atoms with Gasteiger partial charge in [0, 0.05) is 13.1 Å². The van der Waals surface area contributed by atoms with E-state index in [9.17, 15) is 14.0 Å². The summed E-state index contributed by atoms with van der Waals surface area (Å²) >= 11 is 0. The molecule has 1 saturated carbocycles. The van der Waals surface area contributed by atoms with Gasteiger partial charge < -0.3 is 10.2 Å². The van der Waals surface area contributed by atoms with Crippen molar-refractivity contribution in [1.82, 2.24) is 10.2 Å². The average molecular weight is 316 g/mol. The Morgan fingerprint density at radius 1 is 1.35 bits per heavy atom. The number of fused-ring (bicyclic) bond motifs is 1. The van der Waals surface area contributed by atoms with Gasteiger partial charge in [-0.15, -0.1) is 0 Å². The van der Waals surface area contributed by atoms with E-state index in [0.717, 1.165) is 25.7 Å². The maximum Gasteiger partial charge on any atom is 0.229 e. The molecule has 23 heavy (non-hydrogen) atoms. The lowest BCUT2D eigenvalue weighted by atomic mass is 9.88. The van der Waals surface area contributed by atoms with Crippen LogP contribution in [0.3, 0.4) is 0 Å². The van der Waals surface area contributed by atoms with Crippen LogP contribution in [0.1, 0.15) is 31.2 Å². The van der Waals surface area contributed by atoms with Crippen LogP contribution in [0.15, 0.2) is 24.3 Å². The highest BCUT2D eigenvalue weighted by Gasteiger charge is 2.54. The minimum absolute atomic E-state index is 0.0122. The molecule has 2 aliphatic heterocycles. The molecule has 0 bridgehead atoms. The van der Waals surface area contributed by atoms with E-state index in [0.29, 0.717) is 25.1 Å². The standard InChI is InChI=1S/C18H21FN2O2/c19-14-6-2-1-4-12(14)10-18(7-8-18)17(23)21-9-3-5-13-15(21)11-20-16(13)22/h1-2,4,6,13,15H,3,5,7-11H2,(H,20,22)/t13-,15-/m1/s1. The van der Waals surface area contributed by atoms with Gasteiger partial charge in [-0.3, -0.25) is 9.59 Å². The summed E-state index contributed by atoms with van der Waals surface area (Å²) in [5.74, 6) is -0.101. The largest absolute Gasteiger partial charge is 0.354 e. The SMILES string of the molecule is O=C1NC[C@@H]2[C@H]1CCCN2C(=O)C1(Cc2ccccc2F)CC1. The number of hydrogen-bond donors (Lipinski definition) is 1. The number of amides is 2. The molecular formula is C18H21FN2O2. The summed E-state index contributed by atoms with van der Waals surface area (Å²) < 4.78 is 13.9. The number of carbonyl (C=O) groups excluding carboxylic acids is 2. The van der Waals surface area contributed by atoms with Crippen LogP contribution in [0.5, 0.6) is 0 Å². The topological polar surface area (TPSA) is 49.4 Å². The van der Waals surface area contributed by atoms with Crippen molar-refractivity contribution in [3.8, 4) is 0 Å². The van der Waals surface area contributed by atoms with Crippen molar-refractivity contribution in [3.05, 3.63) is 35.6 Å². The monoisotopic (exact) mass is 316 g/mol. The first kappa shape index (κ1) is 14.7. The molecule has 0 radical (unpaired) electrons. The summed E-state index contributed by atoms with van der Waals surface area (Å²) in [5, 5.41) is 2.88. The quantitative estimate of drug-likeness (QED) is 0.926. The molecule has 1 N–H and O–H groups in total. The molecule has 0 aromatic heterocycles. The first-order chi connectivity index (χ1) is 11.1. The second-order valence-corrected chi connectivity index (χ2v) is 7.11.